The van der Waals surface area contributed by atoms with Crippen molar-refractivity contribution < 1.29 is 14.6 Å². The molecular weight excluding hydrogens is 647 g/mol. The van der Waals surface area contributed by atoms with Crippen LogP contribution < -0.4 is 20.4 Å². The summed E-state index contributed by atoms with van der Waals surface area (Å²) in [5, 5.41) is 18.3. The van der Waals surface area contributed by atoms with E-state index in [-0.39, 0.29) is 5.91 Å². The van der Waals surface area contributed by atoms with Gasteiger partial charge in [0.25, 0.3) is 5.91 Å². The van der Waals surface area contributed by atoms with E-state index in [0.717, 1.165) is 94.9 Å². The second kappa shape index (κ2) is 12.2. The number of fused-ring (bicyclic) bond motifs is 3. The zero-order valence-electron chi connectivity index (χ0n) is 27.9. The van der Waals surface area contributed by atoms with Crippen molar-refractivity contribution in [3.63, 3.8) is 0 Å². The van der Waals surface area contributed by atoms with Gasteiger partial charge < -0.3 is 35.3 Å². The summed E-state index contributed by atoms with van der Waals surface area (Å²) < 4.78 is 5.58. The Labute approximate surface area is 295 Å². The largest absolute Gasteiger partial charge is 0.381 e. The first-order chi connectivity index (χ1) is 24.4. The Kier molecular flexibility index (Phi) is 7.60. The number of carbonyl (C=O) groups is 1. The number of thioether (sulfide) groups is 1. The number of para-hydroxylation sites is 3. The number of ether oxygens (including phenoxy) is 1. The lowest BCUT2D eigenvalue weighted by atomic mass is 9.73. The van der Waals surface area contributed by atoms with Crippen molar-refractivity contribution in [1.29, 1.82) is 0 Å². The van der Waals surface area contributed by atoms with Gasteiger partial charge in [-0.15, -0.1) is 0 Å². The van der Waals surface area contributed by atoms with Crippen LogP contribution in [0.4, 0.5) is 17.2 Å². The number of aliphatic hydroxyl groups excluding tert-OH is 1. The van der Waals surface area contributed by atoms with Crippen LogP contribution in [0, 0.1) is 5.41 Å². The summed E-state index contributed by atoms with van der Waals surface area (Å²) in [4.78, 5) is 32.0. The molecule has 11 heteroatoms. The number of carbonyl (C=O) groups excluding carboxylic acids is 1. The first-order valence-electron chi connectivity index (χ1n) is 17.3. The average Bonchev–Trinajstić information content (AvgIpc) is 3.70. The number of hydrogen-bond acceptors (Lipinski definition) is 9. The van der Waals surface area contributed by atoms with Gasteiger partial charge in [0.05, 0.1) is 16.7 Å². The molecule has 4 aliphatic heterocycles. The van der Waals surface area contributed by atoms with E-state index in [1.807, 2.05) is 83.8 Å². The molecule has 1 amide bonds. The zero-order valence-corrected chi connectivity index (χ0v) is 28.7. The maximum Gasteiger partial charge on any atom is 0.258 e. The monoisotopic (exact) mass is 685 g/mol. The van der Waals surface area contributed by atoms with Gasteiger partial charge in [-0.1, -0.05) is 42.1 Å². The fourth-order valence-electron chi connectivity index (χ4n) is 7.79. The van der Waals surface area contributed by atoms with Crippen molar-refractivity contribution in [3.8, 4) is 0 Å². The van der Waals surface area contributed by atoms with E-state index in [2.05, 4.69) is 38.5 Å². The molecule has 1 spiro atoms. The van der Waals surface area contributed by atoms with Gasteiger partial charge in [-0.2, -0.15) is 0 Å². The van der Waals surface area contributed by atoms with Gasteiger partial charge in [0, 0.05) is 83.9 Å². The Morgan fingerprint density at radius 1 is 1.00 bits per heavy atom. The number of aromatic amines is 1. The van der Waals surface area contributed by atoms with Gasteiger partial charge in [0.2, 0.25) is 0 Å². The third kappa shape index (κ3) is 5.40. The molecular formula is C39H39N7O3S. The molecule has 4 aliphatic rings. The normalized spacial score (nSPS) is 21.6. The standard InChI is InChI=1S/C39H39N7O3S/c1-38(37-42-29-9-3-4-10-30(29)43-37)44-31-16-20-46(32-11-5-2-7-27(32)33(31)50-38)36(48)25-12-14-26(15-13-25)41-35(47)28-8-6-19-40-34(28)45-23-39(24-45)17-21-49-22-18-39/h2-15,19,35,41,44,47H,16-18,20-24H2,1H3,(H,42,43). The van der Waals surface area contributed by atoms with Gasteiger partial charge in [0.1, 0.15) is 16.5 Å². The number of aliphatic hydroxyl groups is 1. The molecule has 2 unspecified atom stereocenters. The van der Waals surface area contributed by atoms with Crippen LogP contribution in [-0.4, -0.2) is 58.8 Å². The van der Waals surface area contributed by atoms with Gasteiger partial charge in [-0.3, -0.25) is 4.79 Å². The van der Waals surface area contributed by atoms with Crippen LogP contribution >= 0.6 is 11.8 Å². The van der Waals surface area contributed by atoms with Crippen LogP contribution in [0.1, 0.15) is 59.7 Å². The van der Waals surface area contributed by atoms with E-state index < -0.39 is 11.1 Å². The van der Waals surface area contributed by atoms with Gasteiger partial charge in [0.15, 0.2) is 6.23 Å². The second-order valence-electron chi connectivity index (χ2n) is 13.9. The Morgan fingerprint density at radius 2 is 1.78 bits per heavy atom. The molecule has 0 bridgehead atoms. The van der Waals surface area contributed by atoms with E-state index in [4.69, 9.17) is 9.72 Å². The Balaban J connectivity index is 0.902. The number of amides is 1. The molecule has 0 radical (unpaired) electrons. The number of H-pyrrole nitrogens is 1. The highest BCUT2D eigenvalue weighted by molar-refractivity contribution is 8.09. The summed E-state index contributed by atoms with van der Waals surface area (Å²) >= 11 is 1.74. The number of imidazole rings is 1. The predicted octanol–water partition coefficient (Wildman–Crippen LogP) is 6.61. The first-order valence-corrected chi connectivity index (χ1v) is 18.1. The van der Waals surface area contributed by atoms with Crippen LogP contribution in [0.3, 0.4) is 0 Å². The minimum atomic E-state index is -0.951. The van der Waals surface area contributed by atoms with Crippen LogP contribution in [0.25, 0.3) is 15.9 Å². The number of benzene rings is 3. The quantitative estimate of drug-likeness (QED) is 0.147. The van der Waals surface area contributed by atoms with Crippen LogP contribution in [0.15, 0.2) is 96.8 Å². The molecule has 2 fully saturated rings. The van der Waals surface area contributed by atoms with Crippen LogP contribution in [-0.2, 0) is 9.61 Å². The van der Waals surface area contributed by atoms with E-state index in [0.29, 0.717) is 23.9 Å². The number of pyridine rings is 1. The SMILES string of the molecule is CC1(c2nc3ccccc3[nH]2)NC2=C(S1)c1ccccc1N(C(=O)c1ccc(NC(O)c3cccnc3N3CC4(CCOCC4)C3)cc1)CC2. The molecule has 2 saturated heterocycles. The van der Waals surface area contributed by atoms with E-state index >= 15 is 0 Å². The van der Waals surface area contributed by atoms with Crippen molar-refractivity contribution in [2.24, 2.45) is 5.41 Å². The lowest BCUT2D eigenvalue weighted by Gasteiger charge is -2.53. The summed E-state index contributed by atoms with van der Waals surface area (Å²) in [6.07, 6.45) is 3.65. The molecule has 4 N–H and O–H groups in total. The molecule has 3 aromatic carbocycles. The number of rotatable bonds is 6. The molecule has 5 aromatic rings. The van der Waals surface area contributed by atoms with Crippen molar-refractivity contribution in [2.45, 2.75) is 37.3 Å². The lowest BCUT2D eigenvalue weighted by molar-refractivity contribution is -0.000638. The highest BCUT2D eigenvalue weighted by Crippen LogP contribution is 2.53. The number of anilines is 3. The molecule has 6 heterocycles. The molecule has 10 nitrogen and oxygen atoms in total. The highest BCUT2D eigenvalue weighted by atomic mass is 32.2. The fraction of sp³-hybridized carbons (Fsp3) is 0.308. The summed E-state index contributed by atoms with van der Waals surface area (Å²) in [6, 6.07) is 27.3. The summed E-state index contributed by atoms with van der Waals surface area (Å²) in [6.45, 7) is 6.18. The van der Waals surface area contributed by atoms with Crippen molar-refractivity contribution >= 4 is 50.8 Å². The average molecular weight is 686 g/mol. The van der Waals surface area contributed by atoms with Crippen LogP contribution in [0.2, 0.25) is 0 Å². The molecule has 0 aliphatic carbocycles. The van der Waals surface area contributed by atoms with Gasteiger partial charge in [-0.25, -0.2) is 9.97 Å². The number of nitrogens with one attached hydrogen (secondary N) is 3. The highest BCUT2D eigenvalue weighted by Gasteiger charge is 2.45. The predicted molar refractivity (Wildman–Crippen MR) is 198 cm³/mol. The molecule has 9 rings (SSSR count). The van der Waals surface area contributed by atoms with E-state index in [1.165, 1.54) is 0 Å². The van der Waals surface area contributed by atoms with Crippen molar-refractivity contribution in [3.05, 3.63) is 119 Å². The molecule has 2 atom stereocenters. The maximum atomic E-state index is 14.1. The number of hydrogen-bond donors (Lipinski definition) is 4. The third-order valence-corrected chi connectivity index (χ3v) is 11.9. The van der Waals surface area contributed by atoms with E-state index in [9.17, 15) is 9.90 Å². The summed E-state index contributed by atoms with van der Waals surface area (Å²) in [5.41, 5.74) is 7.32. The molecule has 2 aromatic heterocycles. The molecule has 254 valence electrons. The van der Waals surface area contributed by atoms with Gasteiger partial charge >= 0.3 is 0 Å². The topological polar surface area (TPSA) is 119 Å². The molecule has 0 saturated carbocycles. The second-order valence-corrected chi connectivity index (χ2v) is 15.3. The lowest BCUT2D eigenvalue weighted by Crippen LogP contribution is -2.59. The zero-order chi connectivity index (χ0) is 33.9. The summed E-state index contributed by atoms with van der Waals surface area (Å²) in [7, 11) is 0. The van der Waals surface area contributed by atoms with E-state index in [1.54, 1.807) is 18.0 Å². The Morgan fingerprint density at radius 3 is 2.60 bits per heavy atom. The first kappa shape index (κ1) is 31.2. The maximum absolute atomic E-state index is 14.1. The molecule has 50 heavy (non-hydrogen) atoms. The minimum absolute atomic E-state index is 0.0647. The fourth-order valence-corrected chi connectivity index (χ4v) is 9.13. The van der Waals surface area contributed by atoms with Crippen molar-refractivity contribution in [1.82, 2.24) is 20.3 Å². The number of aromatic nitrogens is 3. The Bertz CT molecular complexity index is 2080. The van der Waals surface area contributed by atoms with Crippen molar-refractivity contribution in [2.75, 3.05) is 48.0 Å². The Hall–Kier alpha value is -4.84. The smallest absolute Gasteiger partial charge is 0.258 e. The summed E-state index contributed by atoms with van der Waals surface area (Å²) in [5.74, 6) is 1.62. The third-order valence-electron chi connectivity index (χ3n) is 10.5. The van der Waals surface area contributed by atoms with Crippen LogP contribution in [0.5, 0.6) is 0 Å². The van der Waals surface area contributed by atoms with Gasteiger partial charge in [-0.05, 0) is 74.4 Å². The minimum Gasteiger partial charge on any atom is -0.381 e. The number of nitrogens with zero attached hydrogens (tertiary/aromatic N) is 4.